The first kappa shape index (κ1) is 25.6. The van der Waals surface area contributed by atoms with Crippen molar-refractivity contribution in [3.8, 4) is 0 Å². The van der Waals surface area contributed by atoms with Gasteiger partial charge < -0.3 is 10.6 Å². The van der Waals surface area contributed by atoms with Gasteiger partial charge in [-0.25, -0.2) is 13.1 Å². The van der Waals surface area contributed by atoms with Gasteiger partial charge in [0.15, 0.2) is 5.96 Å². The standard InChI is InChI=1S/C21H32N6O2S.HI/c1-14(12-20-15(2)25-27(5)16(20)3)24-21(22-4)23-13-17-6-10-19(11-7-17)30(28,29)26-18-8-9-18;/h6-7,10-11,14,18,26H,8-9,12-13H2,1-5H3,(H2,22,23,24);1H. The minimum Gasteiger partial charge on any atom is -0.354 e. The predicted molar refractivity (Wildman–Crippen MR) is 134 cm³/mol. The van der Waals surface area contributed by atoms with Gasteiger partial charge >= 0.3 is 0 Å². The maximum Gasteiger partial charge on any atom is 0.240 e. The Morgan fingerprint density at radius 3 is 2.42 bits per heavy atom. The number of benzene rings is 1. The van der Waals surface area contributed by atoms with Crippen LogP contribution in [0.25, 0.3) is 0 Å². The molecule has 1 unspecified atom stereocenters. The molecule has 1 aromatic heterocycles. The van der Waals surface area contributed by atoms with Crippen molar-refractivity contribution in [3.63, 3.8) is 0 Å². The maximum absolute atomic E-state index is 12.3. The molecule has 1 aromatic carbocycles. The molecule has 10 heteroatoms. The van der Waals surface area contributed by atoms with Gasteiger partial charge in [-0.2, -0.15) is 5.10 Å². The Morgan fingerprint density at radius 1 is 1.26 bits per heavy atom. The molecule has 172 valence electrons. The smallest absolute Gasteiger partial charge is 0.240 e. The first-order valence-corrected chi connectivity index (χ1v) is 11.8. The van der Waals surface area contributed by atoms with Gasteiger partial charge in [0, 0.05) is 38.4 Å². The molecule has 0 aliphatic heterocycles. The van der Waals surface area contributed by atoms with E-state index in [2.05, 4.69) is 39.3 Å². The molecular formula is C21H33IN6O2S. The molecule has 0 bridgehead atoms. The Hall–Kier alpha value is -1.66. The van der Waals surface area contributed by atoms with E-state index in [4.69, 9.17) is 0 Å². The summed E-state index contributed by atoms with van der Waals surface area (Å²) in [4.78, 5) is 4.60. The number of hydrogen-bond acceptors (Lipinski definition) is 4. The van der Waals surface area contributed by atoms with E-state index in [9.17, 15) is 8.42 Å². The number of guanidine groups is 1. The van der Waals surface area contributed by atoms with Crippen LogP contribution in [0.4, 0.5) is 0 Å². The van der Waals surface area contributed by atoms with Crippen LogP contribution in [0.1, 0.15) is 42.3 Å². The lowest BCUT2D eigenvalue weighted by molar-refractivity contribution is 0.581. The Morgan fingerprint density at radius 2 is 1.90 bits per heavy atom. The first-order chi connectivity index (χ1) is 14.2. The number of rotatable bonds is 8. The summed E-state index contributed by atoms with van der Waals surface area (Å²) >= 11 is 0. The topological polar surface area (TPSA) is 100 Å². The van der Waals surface area contributed by atoms with Crippen molar-refractivity contribution in [2.45, 2.75) is 63.6 Å². The van der Waals surface area contributed by atoms with E-state index in [0.29, 0.717) is 17.4 Å². The molecule has 1 saturated carbocycles. The van der Waals surface area contributed by atoms with Crippen LogP contribution in [0.5, 0.6) is 0 Å². The molecule has 0 radical (unpaired) electrons. The summed E-state index contributed by atoms with van der Waals surface area (Å²) in [6.07, 6.45) is 2.70. The molecule has 1 aliphatic carbocycles. The molecule has 0 spiro atoms. The van der Waals surface area contributed by atoms with Crippen LogP contribution in [-0.2, 0) is 30.0 Å². The minimum atomic E-state index is -3.41. The summed E-state index contributed by atoms with van der Waals surface area (Å²) in [5.74, 6) is 0.703. The molecular weight excluding hydrogens is 527 g/mol. The van der Waals surface area contributed by atoms with Crippen molar-refractivity contribution in [3.05, 3.63) is 46.8 Å². The minimum absolute atomic E-state index is 0. The van der Waals surface area contributed by atoms with E-state index >= 15 is 0 Å². The summed E-state index contributed by atoms with van der Waals surface area (Å²) in [6, 6.07) is 7.23. The second kappa shape index (κ2) is 10.8. The average molecular weight is 561 g/mol. The van der Waals surface area contributed by atoms with Crippen LogP contribution >= 0.6 is 24.0 Å². The average Bonchev–Trinajstić information content (AvgIpc) is 3.48. The van der Waals surface area contributed by atoms with E-state index in [1.165, 1.54) is 11.3 Å². The summed E-state index contributed by atoms with van der Waals surface area (Å²) in [7, 11) is 0.285. The highest BCUT2D eigenvalue weighted by Gasteiger charge is 2.27. The van der Waals surface area contributed by atoms with Crippen molar-refractivity contribution in [1.82, 2.24) is 25.1 Å². The molecule has 1 fully saturated rings. The van der Waals surface area contributed by atoms with E-state index in [0.717, 1.165) is 30.5 Å². The van der Waals surface area contributed by atoms with Gasteiger partial charge in [0.25, 0.3) is 0 Å². The van der Waals surface area contributed by atoms with Gasteiger partial charge in [-0.15, -0.1) is 24.0 Å². The zero-order valence-corrected chi connectivity index (χ0v) is 21.9. The second-order valence-corrected chi connectivity index (χ2v) is 9.70. The predicted octanol–water partition coefficient (Wildman–Crippen LogP) is 2.39. The van der Waals surface area contributed by atoms with Gasteiger partial charge in [0.1, 0.15) is 0 Å². The fraction of sp³-hybridized carbons (Fsp3) is 0.524. The van der Waals surface area contributed by atoms with Crippen molar-refractivity contribution < 1.29 is 8.42 Å². The van der Waals surface area contributed by atoms with Gasteiger partial charge in [-0.05, 0) is 63.3 Å². The van der Waals surface area contributed by atoms with Crippen molar-refractivity contribution in [1.29, 1.82) is 0 Å². The molecule has 31 heavy (non-hydrogen) atoms. The summed E-state index contributed by atoms with van der Waals surface area (Å²) < 4.78 is 29.1. The van der Waals surface area contributed by atoms with Crippen LogP contribution in [0.15, 0.2) is 34.2 Å². The van der Waals surface area contributed by atoms with E-state index in [1.807, 2.05) is 30.8 Å². The van der Waals surface area contributed by atoms with Gasteiger partial charge in [-0.3, -0.25) is 9.67 Å². The zero-order chi connectivity index (χ0) is 21.9. The summed E-state index contributed by atoms with van der Waals surface area (Å²) in [5.41, 5.74) is 4.47. The van der Waals surface area contributed by atoms with Gasteiger partial charge in [-0.1, -0.05) is 12.1 Å². The first-order valence-electron chi connectivity index (χ1n) is 10.3. The second-order valence-electron chi connectivity index (χ2n) is 7.99. The van der Waals surface area contributed by atoms with Gasteiger partial charge in [0.05, 0.1) is 10.6 Å². The number of sulfonamides is 1. The molecule has 2 aromatic rings. The highest BCUT2D eigenvalue weighted by atomic mass is 127. The van der Waals surface area contributed by atoms with E-state index in [-0.39, 0.29) is 36.1 Å². The molecule has 0 saturated heterocycles. The fourth-order valence-corrected chi connectivity index (χ4v) is 4.66. The number of aryl methyl sites for hydroxylation is 2. The Bertz CT molecular complexity index is 1010. The third kappa shape index (κ3) is 6.91. The Labute approximate surface area is 202 Å². The molecule has 1 heterocycles. The van der Waals surface area contributed by atoms with Crippen LogP contribution in [-0.4, -0.2) is 43.3 Å². The summed E-state index contributed by atoms with van der Waals surface area (Å²) in [5, 5.41) is 11.2. The lowest BCUT2D eigenvalue weighted by Crippen LogP contribution is -2.42. The number of hydrogen-bond donors (Lipinski definition) is 3. The largest absolute Gasteiger partial charge is 0.354 e. The molecule has 1 aliphatic rings. The number of nitrogens with zero attached hydrogens (tertiary/aromatic N) is 3. The SMILES string of the molecule is CN=C(NCc1ccc(S(=O)(=O)NC2CC2)cc1)NC(C)Cc1c(C)nn(C)c1C.I. The van der Waals surface area contributed by atoms with Crippen LogP contribution in [0.3, 0.4) is 0 Å². The monoisotopic (exact) mass is 560 g/mol. The number of aromatic nitrogens is 2. The number of aliphatic imine (C=N–C) groups is 1. The third-order valence-corrected chi connectivity index (χ3v) is 6.91. The Kier molecular flexibility index (Phi) is 8.90. The maximum atomic E-state index is 12.3. The quantitative estimate of drug-likeness (QED) is 0.262. The number of halogens is 1. The zero-order valence-electron chi connectivity index (χ0n) is 18.8. The van der Waals surface area contributed by atoms with E-state index in [1.54, 1.807) is 19.2 Å². The summed E-state index contributed by atoms with van der Waals surface area (Å²) in [6.45, 7) is 6.78. The van der Waals surface area contributed by atoms with Crippen LogP contribution in [0, 0.1) is 13.8 Å². The third-order valence-electron chi connectivity index (χ3n) is 5.37. The van der Waals surface area contributed by atoms with Crippen LogP contribution in [0.2, 0.25) is 0 Å². The molecule has 3 N–H and O–H groups in total. The van der Waals surface area contributed by atoms with Crippen LogP contribution < -0.4 is 15.4 Å². The Balaban J connectivity index is 0.00000341. The highest BCUT2D eigenvalue weighted by Crippen LogP contribution is 2.22. The van der Waals surface area contributed by atoms with Crippen molar-refractivity contribution in [2.24, 2.45) is 12.0 Å². The van der Waals surface area contributed by atoms with Crippen molar-refractivity contribution in [2.75, 3.05) is 7.05 Å². The van der Waals surface area contributed by atoms with Gasteiger partial charge in [0.2, 0.25) is 10.0 Å². The normalized spacial score (nSPS) is 15.3. The fourth-order valence-electron chi connectivity index (χ4n) is 3.36. The highest BCUT2D eigenvalue weighted by molar-refractivity contribution is 14.0. The van der Waals surface area contributed by atoms with Crippen molar-refractivity contribution >= 4 is 40.0 Å². The molecule has 3 rings (SSSR count). The molecule has 0 amide bonds. The van der Waals surface area contributed by atoms with E-state index < -0.39 is 10.0 Å². The molecule has 8 nitrogen and oxygen atoms in total. The lowest BCUT2D eigenvalue weighted by Gasteiger charge is -2.18. The lowest BCUT2D eigenvalue weighted by atomic mass is 10.1. The molecule has 1 atom stereocenters. The number of nitrogens with one attached hydrogen (secondary N) is 3.